The van der Waals surface area contributed by atoms with Crippen molar-refractivity contribution >= 4 is 23.5 Å². The molecule has 18 heteroatoms. The largest absolute Gasteiger partial charge is 0.490 e. The molecule has 2 aliphatic heterocycles. The van der Waals surface area contributed by atoms with Crippen molar-refractivity contribution in [3.05, 3.63) is 29.8 Å². The van der Waals surface area contributed by atoms with E-state index in [0.717, 1.165) is 32.5 Å². The fourth-order valence-electron chi connectivity index (χ4n) is 4.91. The summed E-state index contributed by atoms with van der Waals surface area (Å²) in [4.78, 5) is 34.4. The number of rotatable bonds is 6. The van der Waals surface area contributed by atoms with Crippen LogP contribution in [0.4, 0.5) is 40.8 Å². The quantitative estimate of drug-likeness (QED) is 0.388. The molecule has 1 saturated carbocycles. The molecule has 3 aliphatic rings. The summed E-state index contributed by atoms with van der Waals surface area (Å²) in [5.41, 5.74) is 2.09. The van der Waals surface area contributed by atoms with Crippen molar-refractivity contribution in [1.29, 1.82) is 0 Å². The smallest absolute Gasteiger partial charge is 0.475 e. The maximum atomic E-state index is 13.0. The van der Waals surface area contributed by atoms with Crippen LogP contribution in [0.3, 0.4) is 0 Å². The molecule has 1 amide bonds. The number of para-hydroxylation sites is 1. The second-order valence-corrected chi connectivity index (χ2v) is 11.1. The molecule has 1 aliphatic carbocycles. The molecule has 0 aromatic heterocycles. The third kappa shape index (κ3) is 12.2. The van der Waals surface area contributed by atoms with Crippen molar-refractivity contribution in [3.63, 3.8) is 0 Å². The van der Waals surface area contributed by atoms with E-state index in [1.807, 2.05) is 0 Å². The Balaban J connectivity index is 0.000000421. The predicted octanol–water partition coefficient (Wildman–Crippen LogP) is 3.93. The van der Waals surface area contributed by atoms with Crippen molar-refractivity contribution in [2.24, 2.45) is 5.92 Å². The second kappa shape index (κ2) is 15.4. The first-order valence-electron chi connectivity index (χ1n) is 13.6. The van der Waals surface area contributed by atoms with Gasteiger partial charge in [-0.15, -0.1) is 0 Å². The van der Waals surface area contributed by atoms with Crippen LogP contribution in [0.1, 0.15) is 31.2 Å². The zero-order chi connectivity index (χ0) is 34.2. The van der Waals surface area contributed by atoms with Crippen molar-refractivity contribution in [3.8, 4) is 0 Å². The lowest BCUT2D eigenvalue weighted by Gasteiger charge is -2.34. The van der Waals surface area contributed by atoms with Gasteiger partial charge in [0.1, 0.15) is 5.60 Å². The van der Waals surface area contributed by atoms with Gasteiger partial charge in [0, 0.05) is 64.7 Å². The van der Waals surface area contributed by atoms with Crippen molar-refractivity contribution < 1.29 is 69.2 Å². The number of hydrogen-bond donors (Lipinski definition) is 3. The lowest BCUT2D eigenvalue weighted by Crippen LogP contribution is -2.47. The highest BCUT2D eigenvalue weighted by molar-refractivity contribution is 5.79. The van der Waals surface area contributed by atoms with E-state index in [9.17, 15) is 39.9 Å². The van der Waals surface area contributed by atoms with Gasteiger partial charge in [-0.3, -0.25) is 9.69 Å². The van der Waals surface area contributed by atoms with Gasteiger partial charge in [0.2, 0.25) is 11.8 Å². The summed E-state index contributed by atoms with van der Waals surface area (Å²) in [5, 5.41) is 17.1. The van der Waals surface area contributed by atoms with E-state index in [-0.39, 0.29) is 30.5 Å². The van der Waals surface area contributed by atoms with E-state index >= 15 is 0 Å². The van der Waals surface area contributed by atoms with E-state index in [1.165, 1.54) is 11.3 Å². The van der Waals surface area contributed by atoms with E-state index in [0.29, 0.717) is 19.8 Å². The highest BCUT2D eigenvalue weighted by Gasteiger charge is 2.49. The number of alkyl halides is 8. The Labute approximate surface area is 253 Å². The maximum absolute atomic E-state index is 13.0. The number of aliphatic carboxylic acids is 2. The standard InChI is InChI=1S/C23H33F2N3O3.2C2HF3O2/c1-27(2)20-6-4-3-5-17(20)14-28-9-10-30-16-22(15-28)8-7-19(31-22)13-26-21(29)18-11-23(24,25)12-18;2*3-2(4,5)1(6)7/h3-6,18-19H,7-16H2,1-2H3,(H,26,29);2*(H,6,7)/t19-,22-;;/m1../s1. The number of benzene rings is 1. The monoisotopic (exact) mass is 665 g/mol. The van der Waals surface area contributed by atoms with Crippen LogP contribution >= 0.6 is 0 Å². The maximum Gasteiger partial charge on any atom is 0.490 e. The van der Waals surface area contributed by atoms with Crippen LogP contribution in [-0.4, -0.2) is 110 Å². The number of hydrogen-bond acceptors (Lipinski definition) is 7. The molecular formula is C27H35F8N3O7. The molecule has 45 heavy (non-hydrogen) atoms. The lowest BCUT2D eigenvalue weighted by atomic mass is 9.81. The highest BCUT2D eigenvalue weighted by atomic mass is 19.4. The van der Waals surface area contributed by atoms with Crippen molar-refractivity contribution in [2.75, 3.05) is 51.8 Å². The number of anilines is 1. The van der Waals surface area contributed by atoms with Gasteiger partial charge >= 0.3 is 24.3 Å². The van der Waals surface area contributed by atoms with Crippen LogP contribution in [0.25, 0.3) is 0 Å². The molecule has 10 nitrogen and oxygen atoms in total. The first-order valence-corrected chi connectivity index (χ1v) is 13.6. The summed E-state index contributed by atoms with van der Waals surface area (Å²) in [7, 11) is 4.10. The molecular weight excluding hydrogens is 630 g/mol. The van der Waals surface area contributed by atoms with Crippen LogP contribution in [-0.2, 0) is 30.4 Å². The molecule has 2 heterocycles. The van der Waals surface area contributed by atoms with Crippen LogP contribution in [0.2, 0.25) is 0 Å². The van der Waals surface area contributed by atoms with E-state index < -0.39 is 36.1 Å². The Kier molecular flexibility index (Phi) is 12.9. The Bertz CT molecular complexity index is 1130. The highest BCUT2D eigenvalue weighted by Crippen LogP contribution is 2.42. The summed E-state index contributed by atoms with van der Waals surface area (Å²) in [6.45, 7) is 4.00. The van der Waals surface area contributed by atoms with Gasteiger partial charge in [-0.25, -0.2) is 18.4 Å². The Morgan fingerprint density at radius 1 is 1.02 bits per heavy atom. The molecule has 0 radical (unpaired) electrons. The number of carboxylic acids is 2. The normalized spacial score (nSPS) is 23.4. The molecule has 0 bridgehead atoms. The minimum Gasteiger partial charge on any atom is -0.475 e. The molecule has 3 fully saturated rings. The minimum atomic E-state index is -5.08. The number of carbonyl (C=O) groups excluding carboxylic acids is 1. The molecule has 1 aromatic carbocycles. The van der Waals surface area contributed by atoms with E-state index in [2.05, 4.69) is 53.5 Å². The summed E-state index contributed by atoms with van der Waals surface area (Å²) >= 11 is 0. The first kappa shape index (κ1) is 37.9. The van der Waals surface area contributed by atoms with Gasteiger partial charge in [-0.2, -0.15) is 26.3 Å². The molecule has 2 saturated heterocycles. The molecule has 4 rings (SSSR count). The van der Waals surface area contributed by atoms with E-state index in [1.54, 1.807) is 0 Å². The number of amides is 1. The Morgan fingerprint density at radius 2 is 1.58 bits per heavy atom. The fourth-order valence-corrected chi connectivity index (χ4v) is 4.91. The average Bonchev–Trinajstić information content (AvgIpc) is 3.19. The number of halogens is 8. The van der Waals surface area contributed by atoms with Gasteiger partial charge in [-0.05, 0) is 24.5 Å². The van der Waals surface area contributed by atoms with Gasteiger partial charge in [0.25, 0.3) is 0 Å². The average molecular weight is 666 g/mol. The van der Waals surface area contributed by atoms with Crippen LogP contribution in [0.5, 0.6) is 0 Å². The number of nitrogens with zero attached hydrogens (tertiary/aromatic N) is 2. The van der Waals surface area contributed by atoms with Gasteiger partial charge < -0.3 is 29.9 Å². The SMILES string of the molecule is CN(C)c1ccccc1CN1CCOC[C@@]2(CC[C@H](CNC(=O)C3CC(F)(F)C3)O2)C1.O=C(O)C(F)(F)F.O=C(O)C(F)(F)F. The summed E-state index contributed by atoms with van der Waals surface area (Å²) < 4.78 is 102. The predicted molar refractivity (Wildman–Crippen MR) is 142 cm³/mol. The molecule has 1 aromatic rings. The number of ether oxygens (including phenoxy) is 2. The Morgan fingerprint density at radius 3 is 2.09 bits per heavy atom. The van der Waals surface area contributed by atoms with Crippen LogP contribution in [0.15, 0.2) is 24.3 Å². The van der Waals surface area contributed by atoms with Crippen LogP contribution < -0.4 is 10.2 Å². The molecule has 256 valence electrons. The third-order valence-corrected chi connectivity index (χ3v) is 7.08. The third-order valence-electron chi connectivity index (χ3n) is 7.08. The number of carbonyl (C=O) groups is 3. The molecule has 1 spiro atoms. The summed E-state index contributed by atoms with van der Waals surface area (Å²) in [6.07, 6.45) is -9.27. The second-order valence-electron chi connectivity index (χ2n) is 11.1. The van der Waals surface area contributed by atoms with Crippen molar-refractivity contribution in [2.45, 2.75) is 62.2 Å². The number of nitrogens with one attached hydrogen (secondary N) is 1. The number of carboxylic acid groups (broad SMARTS) is 2. The summed E-state index contributed by atoms with van der Waals surface area (Å²) in [6, 6.07) is 8.40. The van der Waals surface area contributed by atoms with Gasteiger partial charge in [0.15, 0.2) is 0 Å². The van der Waals surface area contributed by atoms with Gasteiger partial charge in [0.05, 0.1) is 19.3 Å². The van der Waals surface area contributed by atoms with Crippen LogP contribution in [0, 0.1) is 5.92 Å². The topological polar surface area (TPSA) is 129 Å². The molecule has 0 unspecified atom stereocenters. The molecule has 3 N–H and O–H groups in total. The van der Waals surface area contributed by atoms with Crippen molar-refractivity contribution in [1.82, 2.24) is 10.2 Å². The zero-order valence-corrected chi connectivity index (χ0v) is 24.4. The molecule has 2 atom stereocenters. The summed E-state index contributed by atoms with van der Waals surface area (Å²) in [5.74, 6) is -9.05. The zero-order valence-electron chi connectivity index (χ0n) is 24.4. The first-order chi connectivity index (χ1) is 20.6. The Hall–Kier alpha value is -3.25. The van der Waals surface area contributed by atoms with E-state index in [4.69, 9.17) is 29.3 Å². The van der Waals surface area contributed by atoms with Gasteiger partial charge in [-0.1, -0.05) is 18.2 Å². The lowest BCUT2D eigenvalue weighted by molar-refractivity contribution is -0.193. The minimum absolute atomic E-state index is 0.109. The fraction of sp³-hybridized carbons (Fsp3) is 0.667.